The highest BCUT2D eigenvalue weighted by atomic mass is 14.9. The van der Waals surface area contributed by atoms with E-state index in [1.165, 1.54) is 36.9 Å². The van der Waals surface area contributed by atoms with E-state index in [9.17, 15) is 0 Å². The van der Waals surface area contributed by atoms with Crippen molar-refractivity contribution in [2.75, 3.05) is 5.32 Å². The maximum atomic E-state index is 3.66. The smallest absolute Gasteiger partial charge is 0.0342 e. The van der Waals surface area contributed by atoms with Gasteiger partial charge < -0.3 is 5.32 Å². The molecule has 0 amide bonds. The molecule has 1 nitrogen and oxygen atoms in total. The average Bonchev–Trinajstić information content (AvgIpc) is 2.78. The Kier molecular flexibility index (Phi) is 3.87. The Morgan fingerprint density at radius 3 is 2.44 bits per heavy atom. The third kappa shape index (κ3) is 2.78. The van der Waals surface area contributed by atoms with Crippen molar-refractivity contribution in [3.8, 4) is 0 Å². The summed E-state index contributed by atoms with van der Waals surface area (Å²) in [6, 6.07) is 9.61. The summed E-state index contributed by atoms with van der Waals surface area (Å²) in [4.78, 5) is 0. The minimum Gasteiger partial charge on any atom is -0.382 e. The molecule has 0 aliphatic heterocycles. The van der Waals surface area contributed by atoms with Crippen LogP contribution in [-0.4, -0.2) is 6.04 Å². The van der Waals surface area contributed by atoms with Crippen molar-refractivity contribution in [1.29, 1.82) is 0 Å². The molecule has 2 rings (SSSR count). The summed E-state index contributed by atoms with van der Waals surface area (Å²) in [5.74, 6) is 0.951. The Labute approximate surface area is 99.3 Å². The van der Waals surface area contributed by atoms with Gasteiger partial charge in [0.15, 0.2) is 0 Å². The maximum Gasteiger partial charge on any atom is 0.0342 e. The summed E-state index contributed by atoms with van der Waals surface area (Å²) in [7, 11) is 0. The molecule has 0 radical (unpaired) electrons. The number of aryl methyl sites for hydroxylation is 1. The van der Waals surface area contributed by atoms with Crippen LogP contribution in [-0.2, 0) is 6.42 Å². The molecule has 1 aliphatic carbocycles. The molecule has 2 unspecified atom stereocenters. The van der Waals surface area contributed by atoms with Gasteiger partial charge in [-0.05, 0) is 49.3 Å². The topological polar surface area (TPSA) is 12.0 Å². The lowest BCUT2D eigenvalue weighted by atomic mass is 10.1. The van der Waals surface area contributed by atoms with Crippen LogP contribution in [0.3, 0.4) is 0 Å². The van der Waals surface area contributed by atoms with E-state index in [0.717, 1.165) is 12.3 Å². The summed E-state index contributed by atoms with van der Waals surface area (Å²) in [6.45, 7) is 4.51. The molecular weight excluding hydrogens is 194 g/mol. The Morgan fingerprint density at radius 2 is 1.88 bits per heavy atom. The monoisotopic (exact) mass is 217 g/mol. The van der Waals surface area contributed by atoms with Crippen molar-refractivity contribution >= 4 is 5.69 Å². The van der Waals surface area contributed by atoms with E-state index < -0.39 is 0 Å². The molecule has 1 aliphatic rings. The van der Waals surface area contributed by atoms with Gasteiger partial charge in [0.2, 0.25) is 0 Å². The molecule has 88 valence electrons. The first-order valence-corrected chi connectivity index (χ1v) is 6.67. The quantitative estimate of drug-likeness (QED) is 0.795. The van der Waals surface area contributed by atoms with Crippen molar-refractivity contribution in [2.24, 2.45) is 5.92 Å². The summed E-state index contributed by atoms with van der Waals surface area (Å²) in [6.07, 6.45) is 6.57. The lowest BCUT2D eigenvalue weighted by Gasteiger charge is -2.14. The number of benzene rings is 1. The van der Waals surface area contributed by atoms with Crippen LogP contribution >= 0.6 is 0 Å². The standard InChI is InChI=1S/C15H23N/c1-3-12-5-8-14(9-6-12)16-15-10-7-13(4-2)11-15/h5-6,8-9,13,15-16H,3-4,7,10-11H2,1-2H3. The summed E-state index contributed by atoms with van der Waals surface area (Å²) >= 11 is 0. The molecule has 1 saturated carbocycles. The van der Waals surface area contributed by atoms with Crippen molar-refractivity contribution < 1.29 is 0 Å². The van der Waals surface area contributed by atoms with Crippen molar-refractivity contribution in [2.45, 2.75) is 52.0 Å². The molecule has 0 spiro atoms. The van der Waals surface area contributed by atoms with Crippen LogP contribution in [0.2, 0.25) is 0 Å². The molecule has 2 atom stereocenters. The second-order valence-corrected chi connectivity index (χ2v) is 4.98. The van der Waals surface area contributed by atoms with E-state index in [1.54, 1.807) is 0 Å². The molecule has 1 N–H and O–H groups in total. The van der Waals surface area contributed by atoms with Crippen LogP contribution in [0.5, 0.6) is 0 Å². The predicted octanol–water partition coefficient (Wildman–Crippen LogP) is 4.24. The van der Waals surface area contributed by atoms with Gasteiger partial charge in [-0.15, -0.1) is 0 Å². The van der Waals surface area contributed by atoms with Gasteiger partial charge in [-0.1, -0.05) is 32.4 Å². The Morgan fingerprint density at radius 1 is 1.12 bits per heavy atom. The molecule has 1 heteroatoms. The van der Waals surface area contributed by atoms with Crippen LogP contribution in [0.1, 0.15) is 45.1 Å². The Hall–Kier alpha value is -0.980. The molecule has 0 heterocycles. The highest BCUT2D eigenvalue weighted by Gasteiger charge is 2.22. The first kappa shape index (κ1) is 11.5. The molecule has 1 fully saturated rings. The second kappa shape index (κ2) is 5.38. The second-order valence-electron chi connectivity index (χ2n) is 4.98. The third-order valence-electron chi connectivity index (χ3n) is 3.85. The fraction of sp³-hybridized carbons (Fsp3) is 0.600. The predicted molar refractivity (Wildman–Crippen MR) is 70.9 cm³/mol. The van der Waals surface area contributed by atoms with Crippen LogP contribution in [0, 0.1) is 5.92 Å². The first-order chi connectivity index (χ1) is 7.81. The fourth-order valence-electron chi connectivity index (χ4n) is 2.65. The maximum absolute atomic E-state index is 3.66. The van der Waals surface area contributed by atoms with Crippen LogP contribution in [0.15, 0.2) is 24.3 Å². The van der Waals surface area contributed by atoms with E-state index in [4.69, 9.17) is 0 Å². The average molecular weight is 217 g/mol. The van der Waals surface area contributed by atoms with Crippen LogP contribution in [0.4, 0.5) is 5.69 Å². The van der Waals surface area contributed by atoms with Gasteiger partial charge in [-0.3, -0.25) is 0 Å². The molecular formula is C15H23N. The number of anilines is 1. The van der Waals surface area contributed by atoms with Gasteiger partial charge >= 0.3 is 0 Å². The summed E-state index contributed by atoms with van der Waals surface area (Å²) in [5.41, 5.74) is 2.71. The van der Waals surface area contributed by atoms with Crippen LogP contribution in [0.25, 0.3) is 0 Å². The zero-order chi connectivity index (χ0) is 11.4. The van der Waals surface area contributed by atoms with Crippen molar-refractivity contribution in [3.05, 3.63) is 29.8 Å². The number of hydrogen-bond donors (Lipinski definition) is 1. The Bertz CT molecular complexity index is 315. The van der Waals surface area contributed by atoms with Crippen molar-refractivity contribution in [1.82, 2.24) is 0 Å². The zero-order valence-electron chi connectivity index (χ0n) is 10.5. The number of rotatable bonds is 4. The first-order valence-electron chi connectivity index (χ1n) is 6.67. The highest BCUT2D eigenvalue weighted by molar-refractivity contribution is 5.45. The minimum atomic E-state index is 0.706. The SMILES string of the molecule is CCc1ccc(NC2CCC(CC)C2)cc1. The van der Waals surface area contributed by atoms with Crippen molar-refractivity contribution in [3.63, 3.8) is 0 Å². The number of hydrogen-bond acceptors (Lipinski definition) is 1. The summed E-state index contributed by atoms with van der Waals surface area (Å²) in [5, 5.41) is 3.66. The molecule has 1 aromatic rings. The van der Waals surface area contributed by atoms with Gasteiger partial charge in [0, 0.05) is 11.7 Å². The zero-order valence-corrected chi connectivity index (χ0v) is 10.5. The van der Waals surface area contributed by atoms with Gasteiger partial charge in [-0.25, -0.2) is 0 Å². The normalized spacial score (nSPS) is 24.6. The number of nitrogens with one attached hydrogen (secondary N) is 1. The largest absolute Gasteiger partial charge is 0.382 e. The molecule has 0 aromatic heterocycles. The lowest BCUT2D eigenvalue weighted by Crippen LogP contribution is -2.15. The fourth-order valence-corrected chi connectivity index (χ4v) is 2.65. The summed E-state index contributed by atoms with van der Waals surface area (Å²) < 4.78 is 0. The van der Waals surface area contributed by atoms with Gasteiger partial charge in [-0.2, -0.15) is 0 Å². The van der Waals surface area contributed by atoms with E-state index >= 15 is 0 Å². The molecule has 1 aromatic carbocycles. The van der Waals surface area contributed by atoms with E-state index in [2.05, 4.69) is 43.4 Å². The molecule has 0 bridgehead atoms. The van der Waals surface area contributed by atoms with E-state index in [0.29, 0.717) is 6.04 Å². The third-order valence-corrected chi connectivity index (χ3v) is 3.85. The van der Waals surface area contributed by atoms with E-state index in [1.807, 2.05) is 0 Å². The highest BCUT2D eigenvalue weighted by Crippen LogP contribution is 2.30. The molecule has 16 heavy (non-hydrogen) atoms. The molecule has 0 saturated heterocycles. The van der Waals surface area contributed by atoms with E-state index in [-0.39, 0.29) is 0 Å². The van der Waals surface area contributed by atoms with Crippen LogP contribution < -0.4 is 5.32 Å². The Balaban J connectivity index is 1.89. The van der Waals surface area contributed by atoms with Gasteiger partial charge in [0.1, 0.15) is 0 Å². The lowest BCUT2D eigenvalue weighted by molar-refractivity contribution is 0.525. The van der Waals surface area contributed by atoms with Gasteiger partial charge in [0.05, 0.1) is 0 Å². The van der Waals surface area contributed by atoms with Gasteiger partial charge in [0.25, 0.3) is 0 Å². The minimum absolute atomic E-state index is 0.706.